The number of amides is 2. The normalized spacial score (nSPS) is 9.37. The third kappa shape index (κ3) is 7.66. The molecule has 19 heavy (non-hydrogen) atoms. The third-order valence-corrected chi connectivity index (χ3v) is 2.53. The Bertz CT molecular complexity index is 410. The van der Waals surface area contributed by atoms with E-state index < -0.39 is 0 Å². The number of nitrogens with one attached hydrogen (secondary N) is 2. The van der Waals surface area contributed by atoms with Gasteiger partial charge in [0.1, 0.15) is 0 Å². The molecule has 4 N–H and O–H groups in total. The van der Waals surface area contributed by atoms with Gasteiger partial charge in [-0.25, -0.2) is 0 Å². The van der Waals surface area contributed by atoms with E-state index in [4.69, 9.17) is 17.3 Å². The Morgan fingerprint density at radius 1 is 1.11 bits per heavy atom. The molecule has 0 saturated heterocycles. The van der Waals surface area contributed by atoms with E-state index in [2.05, 4.69) is 10.6 Å². The fourth-order valence-corrected chi connectivity index (χ4v) is 1.44. The van der Waals surface area contributed by atoms with Crippen molar-refractivity contribution < 1.29 is 9.59 Å². The zero-order valence-corrected chi connectivity index (χ0v) is 11.9. The molecule has 1 aromatic carbocycles. The second-order valence-electron chi connectivity index (χ2n) is 3.71. The molecule has 0 heterocycles. The third-order valence-electron chi connectivity index (χ3n) is 2.28. The van der Waals surface area contributed by atoms with Gasteiger partial charge in [-0.15, -0.1) is 12.4 Å². The van der Waals surface area contributed by atoms with Gasteiger partial charge in [0, 0.05) is 11.6 Å². The molecule has 7 heteroatoms. The summed E-state index contributed by atoms with van der Waals surface area (Å²) in [5.41, 5.74) is 6.18. The van der Waals surface area contributed by atoms with Crippen molar-refractivity contribution in [3.05, 3.63) is 34.9 Å². The van der Waals surface area contributed by atoms with Crippen LogP contribution in [0.4, 0.5) is 0 Å². The smallest absolute Gasteiger partial charge is 0.239 e. The average molecular weight is 306 g/mol. The summed E-state index contributed by atoms with van der Waals surface area (Å²) in [4.78, 5) is 22.1. The Balaban J connectivity index is 0.00000324. The molecule has 0 spiro atoms. The zero-order chi connectivity index (χ0) is 13.4. The lowest BCUT2D eigenvalue weighted by atomic mass is 10.1. The van der Waals surface area contributed by atoms with Crippen LogP contribution >= 0.6 is 24.0 Å². The van der Waals surface area contributed by atoms with Crippen molar-refractivity contribution in [1.82, 2.24) is 10.6 Å². The minimum atomic E-state index is -0.345. The number of benzene rings is 1. The number of halogens is 2. The summed E-state index contributed by atoms with van der Waals surface area (Å²) in [5, 5.41) is 5.78. The molecule has 0 atom stereocenters. The summed E-state index contributed by atoms with van der Waals surface area (Å²) in [6, 6.07) is 7.43. The van der Waals surface area contributed by atoms with E-state index in [0.717, 1.165) is 5.56 Å². The van der Waals surface area contributed by atoms with Gasteiger partial charge in [-0.05, 0) is 24.1 Å². The van der Waals surface area contributed by atoms with Crippen LogP contribution in [0, 0.1) is 0 Å². The molecular formula is C12H17Cl2N3O2. The van der Waals surface area contributed by atoms with Crippen molar-refractivity contribution in [2.75, 3.05) is 19.6 Å². The van der Waals surface area contributed by atoms with Gasteiger partial charge in [0.25, 0.3) is 0 Å². The molecule has 0 fully saturated rings. The van der Waals surface area contributed by atoms with Gasteiger partial charge in [-0.3, -0.25) is 9.59 Å². The predicted octanol–water partition coefficient (Wildman–Crippen LogP) is 0.495. The first kappa shape index (κ1) is 17.7. The van der Waals surface area contributed by atoms with Crippen LogP contribution < -0.4 is 16.4 Å². The van der Waals surface area contributed by atoms with Crippen LogP contribution in [0.1, 0.15) is 5.56 Å². The SMILES string of the molecule is Cl.NCC(=O)NCC(=O)NCCc1ccc(Cl)cc1. The molecule has 0 saturated carbocycles. The van der Waals surface area contributed by atoms with Crippen LogP contribution in [0.2, 0.25) is 5.02 Å². The number of hydrogen-bond acceptors (Lipinski definition) is 3. The van der Waals surface area contributed by atoms with E-state index in [1.165, 1.54) is 0 Å². The van der Waals surface area contributed by atoms with Crippen LogP contribution in [0.15, 0.2) is 24.3 Å². The summed E-state index contributed by atoms with van der Waals surface area (Å²) in [7, 11) is 0. The van der Waals surface area contributed by atoms with E-state index in [9.17, 15) is 9.59 Å². The van der Waals surface area contributed by atoms with Crippen LogP contribution in [0.25, 0.3) is 0 Å². The standard InChI is InChI=1S/C12H16ClN3O2.ClH/c13-10-3-1-9(2-4-10)5-6-15-12(18)8-16-11(17)7-14;/h1-4H,5-8,14H2,(H,15,18)(H,16,17);1H. The van der Waals surface area contributed by atoms with E-state index in [1.54, 1.807) is 12.1 Å². The van der Waals surface area contributed by atoms with Gasteiger partial charge in [0.05, 0.1) is 13.1 Å². The minimum Gasteiger partial charge on any atom is -0.354 e. The van der Waals surface area contributed by atoms with Crippen molar-refractivity contribution in [3.63, 3.8) is 0 Å². The molecule has 0 bridgehead atoms. The molecule has 1 aromatic rings. The second-order valence-corrected chi connectivity index (χ2v) is 4.14. The predicted molar refractivity (Wildman–Crippen MR) is 77.5 cm³/mol. The molecule has 2 amide bonds. The Labute approximate surface area is 123 Å². The fourth-order valence-electron chi connectivity index (χ4n) is 1.31. The molecule has 5 nitrogen and oxygen atoms in total. The maximum atomic E-state index is 11.3. The van der Waals surface area contributed by atoms with Crippen molar-refractivity contribution in [2.45, 2.75) is 6.42 Å². The highest BCUT2D eigenvalue weighted by Crippen LogP contribution is 2.09. The van der Waals surface area contributed by atoms with E-state index in [0.29, 0.717) is 18.0 Å². The fraction of sp³-hybridized carbons (Fsp3) is 0.333. The number of hydrogen-bond donors (Lipinski definition) is 3. The molecule has 1 rings (SSSR count). The lowest BCUT2D eigenvalue weighted by Crippen LogP contribution is -2.40. The average Bonchev–Trinajstić information content (AvgIpc) is 2.38. The maximum absolute atomic E-state index is 11.3. The molecular weight excluding hydrogens is 289 g/mol. The maximum Gasteiger partial charge on any atom is 0.239 e. The Morgan fingerprint density at radius 2 is 1.74 bits per heavy atom. The number of rotatable bonds is 6. The minimum absolute atomic E-state index is 0. The molecule has 106 valence electrons. The summed E-state index contributed by atoms with van der Waals surface area (Å²) < 4.78 is 0. The molecule has 0 aliphatic rings. The highest BCUT2D eigenvalue weighted by atomic mass is 35.5. The van der Waals surface area contributed by atoms with Crippen molar-refractivity contribution >= 4 is 35.8 Å². The first-order chi connectivity index (χ1) is 8.61. The molecule has 0 aromatic heterocycles. The van der Waals surface area contributed by atoms with E-state index >= 15 is 0 Å². The summed E-state index contributed by atoms with van der Waals surface area (Å²) >= 11 is 5.76. The second kappa shape index (κ2) is 9.61. The lowest BCUT2D eigenvalue weighted by Gasteiger charge is -2.06. The first-order valence-electron chi connectivity index (χ1n) is 5.59. The van der Waals surface area contributed by atoms with Gasteiger partial charge in [-0.2, -0.15) is 0 Å². The summed E-state index contributed by atoms with van der Waals surface area (Å²) in [6.07, 6.45) is 0.716. The number of carbonyl (C=O) groups is 2. The van der Waals surface area contributed by atoms with Gasteiger partial charge in [0.2, 0.25) is 11.8 Å². The van der Waals surface area contributed by atoms with Gasteiger partial charge in [0.15, 0.2) is 0 Å². The molecule has 0 unspecified atom stereocenters. The number of carbonyl (C=O) groups excluding carboxylic acids is 2. The van der Waals surface area contributed by atoms with Gasteiger partial charge >= 0.3 is 0 Å². The Kier molecular flexibility index (Phi) is 8.95. The monoisotopic (exact) mass is 305 g/mol. The zero-order valence-electron chi connectivity index (χ0n) is 10.3. The molecule has 0 aliphatic heterocycles. The van der Waals surface area contributed by atoms with E-state index in [-0.39, 0.29) is 37.3 Å². The van der Waals surface area contributed by atoms with Crippen LogP contribution in [0.3, 0.4) is 0 Å². The van der Waals surface area contributed by atoms with Gasteiger partial charge < -0.3 is 16.4 Å². The highest BCUT2D eigenvalue weighted by molar-refractivity contribution is 6.30. The number of nitrogens with two attached hydrogens (primary N) is 1. The Morgan fingerprint density at radius 3 is 2.32 bits per heavy atom. The van der Waals surface area contributed by atoms with Crippen molar-refractivity contribution in [1.29, 1.82) is 0 Å². The van der Waals surface area contributed by atoms with Crippen LogP contribution in [-0.2, 0) is 16.0 Å². The van der Waals surface area contributed by atoms with Crippen molar-refractivity contribution in [2.24, 2.45) is 5.73 Å². The summed E-state index contributed by atoms with van der Waals surface area (Å²) in [6.45, 7) is 0.355. The largest absolute Gasteiger partial charge is 0.354 e. The van der Waals surface area contributed by atoms with Crippen molar-refractivity contribution in [3.8, 4) is 0 Å². The van der Waals surface area contributed by atoms with E-state index in [1.807, 2.05) is 12.1 Å². The first-order valence-corrected chi connectivity index (χ1v) is 5.97. The lowest BCUT2D eigenvalue weighted by molar-refractivity contribution is -0.125. The van der Waals surface area contributed by atoms with Crippen LogP contribution in [-0.4, -0.2) is 31.4 Å². The Hall–Kier alpha value is -1.30. The molecule has 0 radical (unpaired) electrons. The molecule has 0 aliphatic carbocycles. The quantitative estimate of drug-likeness (QED) is 0.715. The highest BCUT2D eigenvalue weighted by Gasteiger charge is 2.03. The summed E-state index contributed by atoms with van der Waals surface area (Å²) in [5.74, 6) is -0.575. The van der Waals surface area contributed by atoms with Gasteiger partial charge in [-0.1, -0.05) is 23.7 Å². The van der Waals surface area contributed by atoms with Crippen LogP contribution in [0.5, 0.6) is 0 Å². The topological polar surface area (TPSA) is 84.2 Å².